The zero-order chi connectivity index (χ0) is 13.6. The minimum Gasteiger partial charge on any atom is -0.481 e. The zero-order valence-electron chi connectivity index (χ0n) is 10.9. The maximum Gasteiger partial charge on any atom is 0.303 e. The van der Waals surface area contributed by atoms with Crippen LogP contribution >= 0.6 is 0 Å². The molecule has 0 spiro atoms. The average molecular weight is 257 g/mol. The van der Waals surface area contributed by atoms with Gasteiger partial charge in [-0.1, -0.05) is 6.92 Å². The fourth-order valence-corrected chi connectivity index (χ4v) is 2.23. The van der Waals surface area contributed by atoms with Gasteiger partial charge < -0.3 is 15.5 Å². The fraction of sp³-hybridized carbons (Fsp3) is 0.846. The molecule has 0 saturated heterocycles. The van der Waals surface area contributed by atoms with Crippen molar-refractivity contribution in [2.75, 3.05) is 6.54 Å². The molecule has 0 aromatic carbocycles. The number of aliphatic hydroxyl groups is 1. The van der Waals surface area contributed by atoms with Gasteiger partial charge in [-0.25, -0.2) is 0 Å². The predicted molar refractivity (Wildman–Crippen MR) is 67.1 cm³/mol. The average Bonchev–Trinajstić information content (AvgIpc) is 2.31. The third kappa shape index (κ3) is 5.49. The molecule has 0 bridgehead atoms. The van der Waals surface area contributed by atoms with Crippen molar-refractivity contribution in [3.63, 3.8) is 0 Å². The zero-order valence-corrected chi connectivity index (χ0v) is 10.9. The fourth-order valence-electron chi connectivity index (χ4n) is 2.23. The Hall–Kier alpha value is -1.10. The van der Waals surface area contributed by atoms with Crippen LogP contribution in [0.1, 0.15) is 51.9 Å². The van der Waals surface area contributed by atoms with Crippen molar-refractivity contribution in [2.45, 2.75) is 57.5 Å². The molecule has 1 fully saturated rings. The molecular formula is C13H23NO4. The van der Waals surface area contributed by atoms with Crippen molar-refractivity contribution in [3.8, 4) is 0 Å². The number of aliphatic carboxylic acids is 1. The number of rotatable bonds is 6. The predicted octanol–water partition coefficient (Wildman–Crippen LogP) is 1.30. The molecule has 104 valence electrons. The van der Waals surface area contributed by atoms with E-state index in [0.29, 0.717) is 12.3 Å². The number of hydrogen-bond acceptors (Lipinski definition) is 3. The van der Waals surface area contributed by atoms with Gasteiger partial charge in [-0.15, -0.1) is 0 Å². The molecule has 1 rings (SSSR count). The van der Waals surface area contributed by atoms with Gasteiger partial charge >= 0.3 is 5.97 Å². The van der Waals surface area contributed by atoms with E-state index in [4.69, 9.17) is 5.11 Å². The Kier molecular flexibility index (Phi) is 5.59. The first-order valence-electron chi connectivity index (χ1n) is 6.62. The van der Waals surface area contributed by atoms with E-state index in [1.165, 1.54) is 0 Å². The molecule has 0 unspecified atom stereocenters. The van der Waals surface area contributed by atoms with Crippen LogP contribution in [0.2, 0.25) is 0 Å². The molecule has 0 radical (unpaired) electrons. The minimum atomic E-state index is -0.886. The van der Waals surface area contributed by atoms with E-state index < -0.39 is 11.6 Å². The summed E-state index contributed by atoms with van der Waals surface area (Å²) in [5, 5.41) is 21.4. The first-order valence-corrected chi connectivity index (χ1v) is 6.62. The Labute approximate surface area is 108 Å². The highest BCUT2D eigenvalue weighted by molar-refractivity contribution is 5.76. The number of hydrogen-bond donors (Lipinski definition) is 3. The summed E-state index contributed by atoms with van der Waals surface area (Å²) in [5.41, 5.74) is -0.769. The Morgan fingerprint density at radius 3 is 2.44 bits per heavy atom. The summed E-state index contributed by atoms with van der Waals surface area (Å²) >= 11 is 0. The van der Waals surface area contributed by atoms with Gasteiger partial charge in [-0.2, -0.15) is 0 Å². The molecule has 1 aliphatic carbocycles. The summed E-state index contributed by atoms with van der Waals surface area (Å²) in [6.07, 6.45) is 3.99. The summed E-state index contributed by atoms with van der Waals surface area (Å²) in [6.45, 7) is 2.45. The van der Waals surface area contributed by atoms with Gasteiger partial charge in [0.1, 0.15) is 0 Å². The highest BCUT2D eigenvalue weighted by Gasteiger charge is 2.31. The van der Waals surface area contributed by atoms with Crippen LogP contribution in [0.4, 0.5) is 0 Å². The second kappa shape index (κ2) is 6.73. The number of carboxylic acids is 1. The Bertz CT molecular complexity index is 295. The lowest BCUT2D eigenvalue weighted by Crippen LogP contribution is -2.45. The largest absolute Gasteiger partial charge is 0.481 e. The van der Waals surface area contributed by atoms with E-state index in [1.54, 1.807) is 0 Å². The van der Waals surface area contributed by atoms with Crippen LogP contribution < -0.4 is 5.32 Å². The number of carbonyl (C=O) groups excluding carboxylic acids is 1. The van der Waals surface area contributed by atoms with E-state index >= 15 is 0 Å². The van der Waals surface area contributed by atoms with Crippen molar-refractivity contribution < 1.29 is 19.8 Å². The number of carbonyl (C=O) groups is 2. The van der Waals surface area contributed by atoms with E-state index in [2.05, 4.69) is 12.2 Å². The van der Waals surface area contributed by atoms with Crippen molar-refractivity contribution >= 4 is 11.9 Å². The van der Waals surface area contributed by atoms with Gasteiger partial charge in [-0.05, 0) is 38.0 Å². The highest BCUT2D eigenvalue weighted by atomic mass is 16.4. The van der Waals surface area contributed by atoms with Gasteiger partial charge in [0.2, 0.25) is 5.91 Å². The maximum atomic E-state index is 11.5. The van der Waals surface area contributed by atoms with Crippen molar-refractivity contribution in [2.24, 2.45) is 5.92 Å². The molecule has 0 heterocycles. The maximum absolute atomic E-state index is 11.5. The van der Waals surface area contributed by atoms with Crippen molar-refractivity contribution in [1.82, 2.24) is 5.32 Å². The molecule has 3 N–H and O–H groups in total. The summed E-state index contributed by atoms with van der Waals surface area (Å²) in [5.74, 6) is -0.414. The molecule has 0 aromatic heterocycles. The van der Waals surface area contributed by atoms with Gasteiger partial charge in [-0.3, -0.25) is 9.59 Å². The van der Waals surface area contributed by atoms with Crippen LogP contribution in [0.5, 0.6) is 0 Å². The highest BCUT2D eigenvalue weighted by Crippen LogP contribution is 2.31. The van der Waals surface area contributed by atoms with E-state index in [-0.39, 0.29) is 25.3 Å². The molecule has 5 heteroatoms. The summed E-state index contributed by atoms with van der Waals surface area (Å²) in [6, 6.07) is 0. The number of carboxylic acid groups (broad SMARTS) is 1. The summed E-state index contributed by atoms with van der Waals surface area (Å²) in [7, 11) is 0. The third-order valence-corrected chi connectivity index (χ3v) is 3.61. The lowest BCUT2D eigenvalue weighted by atomic mass is 9.79. The minimum absolute atomic E-state index is 0.00913. The lowest BCUT2D eigenvalue weighted by molar-refractivity contribution is -0.137. The van der Waals surface area contributed by atoms with Crippen LogP contribution in [-0.4, -0.2) is 34.2 Å². The molecule has 18 heavy (non-hydrogen) atoms. The van der Waals surface area contributed by atoms with Crippen LogP contribution in [0.3, 0.4) is 0 Å². The molecular weight excluding hydrogens is 234 g/mol. The second-order valence-corrected chi connectivity index (χ2v) is 5.43. The topological polar surface area (TPSA) is 86.6 Å². The molecule has 1 saturated carbocycles. The lowest BCUT2D eigenvalue weighted by Gasteiger charge is -2.34. The third-order valence-electron chi connectivity index (χ3n) is 3.61. The molecule has 1 aliphatic rings. The summed E-state index contributed by atoms with van der Waals surface area (Å²) < 4.78 is 0. The molecule has 1 amide bonds. The monoisotopic (exact) mass is 257 g/mol. The van der Waals surface area contributed by atoms with Gasteiger partial charge in [0, 0.05) is 19.4 Å². The molecule has 0 aromatic rings. The number of nitrogens with one attached hydrogen (secondary N) is 1. The van der Waals surface area contributed by atoms with Crippen molar-refractivity contribution in [3.05, 3.63) is 0 Å². The van der Waals surface area contributed by atoms with E-state index in [1.807, 2.05) is 0 Å². The molecule has 0 aliphatic heterocycles. The Morgan fingerprint density at radius 2 is 1.89 bits per heavy atom. The number of amides is 1. The van der Waals surface area contributed by atoms with E-state index in [0.717, 1.165) is 25.7 Å². The standard InChI is InChI=1S/C13H23NO4/c1-10-5-7-13(18,8-6-10)9-14-11(15)3-2-4-12(16)17/h10,18H,2-9H2,1H3,(H,14,15)(H,16,17). The molecule has 5 nitrogen and oxygen atoms in total. The quantitative estimate of drug-likeness (QED) is 0.669. The van der Waals surface area contributed by atoms with Crippen LogP contribution in [-0.2, 0) is 9.59 Å². The molecule has 0 atom stereocenters. The van der Waals surface area contributed by atoms with Gasteiger partial charge in [0.05, 0.1) is 5.60 Å². The van der Waals surface area contributed by atoms with Gasteiger partial charge in [0.25, 0.3) is 0 Å². The second-order valence-electron chi connectivity index (χ2n) is 5.43. The Balaban J connectivity index is 2.19. The van der Waals surface area contributed by atoms with Crippen molar-refractivity contribution in [1.29, 1.82) is 0 Å². The van der Waals surface area contributed by atoms with Crippen LogP contribution in [0, 0.1) is 5.92 Å². The first-order chi connectivity index (χ1) is 8.41. The summed E-state index contributed by atoms with van der Waals surface area (Å²) in [4.78, 5) is 21.8. The SMILES string of the molecule is CC1CCC(O)(CNC(=O)CCCC(=O)O)CC1. The van der Waals surface area contributed by atoms with E-state index in [9.17, 15) is 14.7 Å². The Morgan fingerprint density at radius 1 is 1.28 bits per heavy atom. The van der Waals surface area contributed by atoms with Gasteiger partial charge in [0.15, 0.2) is 0 Å². The first kappa shape index (κ1) is 15.0. The van der Waals surface area contributed by atoms with Crippen LogP contribution in [0.15, 0.2) is 0 Å². The smallest absolute Gasteiger partial charge is 0.303 e. The normalized spacial score (nSPS) is 27.8. The van der Waals surface area contributed by atoms with Crippen LogP contribution in [0.25, 0.3) is 0 Å².